The first kappa shape index (κ1) is 18.5. The van der Waals surface area contributed by atoms with Gasteiger partial charge >= 0.3 is 0 Å². The van der Waals surface area contributed by atoms with Gasteiger partial charge in [-0.3, -0.25) is 4.79 Å². The molecular weight excluding hydrogens is 278 g/mol. The lowest BCUT2D eigenvalue weighted by Crippen LogP contribution is -2.37. The summed E-state index contributed by atoms with van der Waals surface area (Å²) in [4.78, 5) is 12.0. The van der Waals surface area contributed by atoms with Crippen molar-refractivity contribution in [2.45, 2.75) is 58.5 Å². The summed E-state index contributed by atoms with van der Waals surface area (Å²) in [7, 11) is 0. The lowest BCUT2D eigenvalue weighted by molar-refractivity contribution is -0.127. The van der Waals surface area contributed by atoms with E-state index in [0.717, 1.165) is 37.0 Å². The minimum absolute atomic E-state index is 0.0827. The number of carbonyl (C=O) groups is 1. The number of carbonyl (C=O) groups excluding carboxylic acids is 1. The van der Waals surface area contributed by atoms with Gasteiger partial charge in [0.2, 0.25) is 0 Å². The van der Waals surface area contributed by atoms with Gasteiger partial charge in [0.1, 0.15) is 5.75 Å². The van der Waals surface area contributed by atoms with Gasteiger partial charge in [-0.1, -0.05) is 44.9 Å². The number of para-hydroxylation sites is 1. The fourth-order valence-corrected chi connectivity index (χ4v) is 2.25. The van der Waals surface area contributed by atoms with Crippen LogP contribution >= 0.6 is 0 Å². The molecule has 0 heterocycles. The van der Waals surface area contributed by atoms with E-state index in [2.05, 4.69) is 19.2 Å². The molecule has 1 rings (SSSR count). The molecule has 0 radical (unpaired) electrons. The molecule has 1 aromatic carbocycles. The quantitative estimate of drug-likeness (QED) is 0.652. The zero-order valence-electron chi connectivity index (χ0n) is 14.0. The normalized spacial score (nSPS) is 12.2. The standard InChI is InChI=1S/C18H29NO3/c1-14(2)16-10-6-7-11-17(16)22-15(3)18(21)19-12-8-4-5-9-13-20/h6-7,10-11,14-15,20H,4-5,8-9,12-13H2,1-3H3,(H,19,21). The van der Waals surface area contributed by atoms with Crippen LogP contribution in [0.3, 0.4) is 0 Å². The minimum atomic E-state index is -0.502. The fraction of sp³-hybridized carbons (Fsp3) is 0.611. The van der Waals surface area contributed by atoms with Crippen LogP contribution in [0.1, 0.15) is 57.9 Å². The maximum absolute atomic E-state index is 12.0. The number of hydrogen-bond acceptors (Lipinski definition) is 3. The average Bonchev–Trinajstić information content (AvgIpc) is 2.50. The van der Waals surface area contributed by atoms with Crippen LogP contribution in [0.25, 0.3) is 0 Å². The summed E-state index contributed by atoms with van der Waals surface area (Å²) < 4.78 is 5.82. The number of rotatable bonds is 10. The largest absolute Gasteiger partial charge is 0.481 e. The predicted molar refractivity (Wildman–Crippen MR) is 89.2 cm³/mol. The van der Waals surface area contributed by atoms with Gasteiger partial charge in [0.05, 0.1) is 0 Å². The van der Waals surface area contributed by atoms with Gasteiger partial charge in [-0.25, -0.2) is 0 Å². The molecule has 4 heteroatoms. The number of aliphatic hydroxyl groups excluding tert-OH is 1. The molecular formula is C18H29NO3. The monoisotopic (exact) mass is 307 g/mol. The van der Waals surface area contributed by atoms with Crippen molar-refractivity contribution in [3.63, 3.8) is 0 Å². The number of aliphatic hydroxyl groups is 1. The van der Waals surface area contributed by atoms with Crippen molar-refractivity contribution in [1.29, 1.82) is 0 Å². The molecule has 0 aliphatic rings. The lowest BCUT2D eigenvalue weighted by atomic mass is 10.0. The highest BCUT2D eigenvalue weighted by Gasteiger charge is 2.16. The second kappa shape index (κ2) is 10.2. The summed E-state index contributed by atoms with van der Waals surface area (Å²) in [6.45, 7) is 6.90. The highest BCUT2D eigenvalue weighted by molar-refractivity contribution is 5.80. The summed E-state index contributed by atoms with van der Waals surface area (Å²) in [5.74, 6) is 1.06. The van der Waals surface area contributed by atoms with E-state index in [4.69, 9.17) is 9.84 Å². The van der Waals surface area contributed by atoms with Gasteiger partial charge in [0.15, 0.2) is 6.10 Å². The average molecular weight is 307 g/mol. The molecule has 0 bridgehead atoms. The molecule has 1 amide bonds. The first-order valence-electron chi connectivity index (χ1n) is 8.20. The molecule has 1 atom stereocenters. The van der Waals surface area contributed by atoms with Crippen molar-refractivity contribution in [2.24, 2.45) is 0 Å². The topological polar surface area (TPSA) is 58.6 Å². The number of unbranched alkanes of at least 4 members (excludes halogenated alkanes) is 3. The van der Waals surface area contributed by atoms with Crippen LogP contribution in [0, 0.1) is 0 Å². The molecule has 2 N–H and O–H groups in total. The second-order valence-corrected chi connectivity index (χ2v) is 5.88. The van der Waals surface area contributed by atoms with E-state index in [9.17, 15) is 4.79 Å². The molecule has 0 saturated heterocycles. The van der Waals surface area contributed by atoms with Crippen LogP contribution < -0.4 is 10.1 Å². The summed E-state index contributed by atoms with van der Waals surface area (Å²) in [5, 5.41) is 11.6. The predicted octanol–water partition coefficient (Wildman–Crippen LogP) is 3.25. The van der Waals surface area contributed by atoms with Crippen LogP contribution in [-0.4, -0.2) is 30.3 Å². The van der Waals surface area contributed by atoms with Crippen LogP contribution in [0.5, 0.6) is 5.75 Å². The molecule has 22 heavy (non-hydrogen) atoms. The number of amides is 1. The minimum Gasteiger partial charge on any atom is -0.481 e. The molecule has 124 valence electrons. The van der Waals surface area contributed by atoms with Crippen molar-refractivity contribution >= 4 is 5.91 Å². The summed E-state index contributed by atoms with van der Waals surface area (Å²) >= 11 is 0. The highest BCUT2D eigenvalue weighted by Crippen LogP contribution is 2.26. The Balaban J connectivity index is 2.38. The zero-order chi connectivity index (χ0) is 16.4. The molecule has 0 aromatic heterocycles. The Morgan fingerprint density at radius 3 is 2.50 bits per heavy atom. The third kappa shape index (κ3) is 6.48. The van der Waals surface area contributed by atoms with E-state index in [0.29, 0.717) is 12.5 Å². The Morgan fingerprint density at radius 2 is 1.82 bits per heavy atom. The van der Waals surface area contributed by atoms with Gasteiger partial charge in [0.25, 0.3) is 5.91 Å². The van der Waals surface area contributed by atoms with Crippen LogP contribution in [-0.2, 0) is 4.79 Å². The van der Waals surface area contributed by atoms with E-state index in [1.807, 2.05) is 24.3 Å². The second-order valence-electron chi connectivity index (χ2n) is 5.88. The van der Waals surface area contributed by atoms with E-state index in [1.165, 1.54) is 0 Å². The van der Waals surface area contributed by atoms with Crippen molar-refractivity contribution in [3.05, 3.63) is 29.8 Å². The SMILES string of the molecule is CC(Oc1ccccc1C(C)C)C(=O)NCCCCCCO. The molecule has 0 aliphatic carbocycles. The van der Waals surface area contributed by atoms with Crippen molar-refractivity contribution in [2.75, 3.05) is 13.2 Å². The molecule has 0 spiro atoms. The Hall–Kier alpha value is -1.55. The molecule has 0 fully saturated rings. The first-order valence-corrected chi connectivity index (χ1v) is 8.20. The molecule has 0 aliphatic heterocycles. The number of nitrogens with one attached hydrogen (secondary N) is 1. The van der Waals surface area contributed by atoms with Crippen molar-refractivity contribution in [1.82, 2.24) is 5.32 Å². The maximum atomic E-state index is 12.0. The van der Waals surface area contributed by atoms with E-state index in [-0.39, 0.29) is 12.5 Å². The highest BCUT2D eigenvalue weighted by atomic mass is 16.5. The van der Waals surface area contributed by atoms with Gasteiger partial charge in [-0.2, -0.15) is 0 Å². The van der Waals surface area contributed by atoms with Gasteiger partial charge in [-0.15, -0.1) is 0 Å². The van der Waals surface area contributed by atoms with Gasteiger partial charge in [-0.05, 0) is 37.3 Å². The van der Waals surface area contributed by atoms with Gasteiger partial charge in [0, 0.05) is 13.2 Å². The van der Waals surface area contributed by atoms with Crippen LogP contribution in [0.15, 0.2) is 24.3 Å². The Bertz CT molecular complexity index is 446. The lowest BCUT2D eigenvalue weighted by Gasteiger charge is -2.18. The number of hydrogen-bond donors (Lipinski definition) is 2. The number of ether oxygens (including phenoxy) is 1. The third-order valence-corrected chi connectivity index (χ3v) is 3.60. The number of benzene rings is 1. The molecule has 1 unspecified atom stereocenters. The Morgan fingerprint density at radius 1 is 1.14 bits per heavy atom. The Labute approximate surface area is 133 Å². The maximum Gasteiger partial charge on any atom is 0.260 e. The van der Waals surface area contributed by atoms with Crippen LogP contribution in [0.4, 0.5) is 0 Å². The zero-order valence-corrected chi connectivity index (χ0v) is 14.0. The Kier molecular flexibility index (Phi) is 8.60. The summed E-state index contributed by atoms with van der Waals surface area (Å²) in [6, 6.07) is 7.85. The van der Waals surface area contributed by atoms with Crippen LogP contribution in [0.2, 0.25) is 0 Å². The van der Waals surface area contributed by atoms with Gasteiger partial charge < -0.3 is 15.2 Å². The van der Waals surface area contributed by atoms with E-state index in [1.54, 1.807) is 6.92 Å². The van der Waals surface area contributed by atoms with Crippen molar-refractivity contribution < 1.29 is 14.6 Å². The molecule has 4 nitrogen and oxygen atoms in total. The molecule has 0 saturated carbocycles. The smallest absolute Gasteiger partial charge is 0.260 e. The summed E-state index contributed by atoms with van der Waals surface area (Å²) in [5.41, 5.74) is 1.12. The fourth-order valence-electron chi connectivity index (χ4n) is 2.25. The van der Waals surface area contributed by atoms with E-state index >= 15 is 0 Å². The summed E-state index contributed by atoms with van der Waals surface area (Å²) in [6.07, 6.45) is 3.28. The van der Waals surface area contributed by atoms with Crippen molar-refractivity contribution in [3.8, 4) is 5.75 Å². The first-order chi connectivity index (χ1) is 10.6. The van der Waals surface area contributed by atoms with E-state index < -0.39 is 6.10 Å². The molecule has 1 aromatic rings. The third-order valence-electron chi connectivity index (χ3n) is 3.60.